The fourth-order valence-corrected chi connectivity index (χ4v) is 3.82. The van der Waals surface area contributed by atoms with Gasteiger partial charge in [-0.15, -0.1) is 11.3 Å². The standard InChI is InChI=1S/C22H26N2O2S/c1-16(2)26-15-18-8-5-7-17(13-18)14-23-21(25)11-6-12-22-24-19-9-3-4-10-20(19)27-22/h3-5,7-10,13,16H,6,11-12,14-15H2,1-2H3,(H,23,25). The lowest BCUT2D eigenvalue weighted by atomic mass is 10.1. The van der Waals surface area contributed by atoms with Crippen molar-refractivity contribution in [2.45, 2.75) is 52.4 Å². The second kappa shape index (κ2) is 9.62. The Bertz CT molecular complexity index is 856. The van der Waals surface area contributed by atoms with Gasteiger partial charge in [0.2, 0.25) is 5.91 Å². The van der Waals surface area contributed by atoms with Crippen molar-refractivity contribution in [3.8, 4) is 0 Å². The monoisotopic (exact) mass is 382 g/mol. The maximum atomic E-state index is 12.1. The fourth-order valence-electron chi connectivity index (χ4n) is 2.81. The summed E-state index contributed by atoms with van der Waals surface area (Å²) in [5.74, 6) is 0.0833. The highest BCUT2D eigenvalue weighted by Crippen LogP contribution is 2.22. The van der Waals surface area contributed by atoms with E-state index >= 15 is 0 Å². The van der Waals surface area contributed by atoms with Crippen LogP contribution in [0.25, 0.3) is 10.2 Å². The third-order valence-electron chi connectivity index (χ3n) is 4.20. The van der Waals surface area contributed by atoms with Crippen LogP contribution in [0, 0.1) is 0 Å². The van der Waals surface area contributed by atoms with Gasteiger partial charge >= 0.3 is 0 Å². The minimum absolute atomic E-state index is 0.0833. The molecule has 1 N–H and O–H groups in total. The fraction of sp³-hybridized carbons (Fsp3) is 0.364. The molecule has 2 aromatic carbocycles. The number of amides is 1. The number of hydrogen-bond donors (Lipinski definition) is 1. The third-order valence-corrected chi connectivity index (χ3v) is 5.29. The quantitative estimate of drug-likeness (QED) is 0.575. The molecule has 0 bridgehead atoms. The van der Waals surface area contributed by atoms with Gasteiger partial charge in [-0.2, -0.15) is 0 Å². The summed E-state index contributed by atoms with van der Waals surface area (Å²) in [5.41, 5.74) is 3.27. The summed E-state index contributed by atoms with van der Waals surface area (Å²) in [6, 6.07) is 16.3. The Balaban J connectivity index is 1.41. The van der Waals surface area contributed by atoms with E-state index in [0.717, 1.165) is 34.5 Å². The van der Waals surface area contributed by atoms with Crippen LogP contribution in [0.15, 0.2) is 48.5 Å². The third kappa shape index (κ3) is 6.15. The summed E-state index contributed by atoms with van der Waals surface area (Å²) in [7, 11) is 0. The molecule has 0 unspecified atom stereocenters. The van der Waals surface area contributed by atoms with Crippen LogP contribution in [0.1, 0.15) is 42.8 Å². The number of carbonyl (C=O) groups is 1. The highest BCUT2D eigenvalue weighted by atomic mass is 32.1. The number of rotatable bonds is 9. The van der Waals surface area contributed by atoms with Crippen molar-refractivity contribution in [2.24, 2.45) is 0 Å². The summed E-state index contributed by atoms with van der Waals surface area (Å²) < 4.78 is 6.84. The number of fused-ring (bicyclic) bond motifs is 1. The topological polar surface area (TPSA) is 51.2 Å². The molecule has 0 aliphatic heterocycles. The molecule has 0 atom stereocenters. The number of nitrogens with zero attached hydrogens (tertiary/aromatic N) is 1. The first kappa shape index (κ1) is 19.5. The van der Waals surface area contributed by atoms with Gasteiger partial charge in [0.05, 0.1) is 27.9 Å². The summed E-state index contributed by atoms with van der Waals surface area (Å²) in [4.78, 5) is 16.7. The van der Waals surface area contributed by atoms with Gasteiger partial charge in [-0.25, -0.2) is 4.98 Å². The summed E-state index contributed by atoms with van der Waals surface area (Å²) in [5, 5.41) is 4.11. The summed E-state index contributed by atoms with van der Waals surface area (Å²) in [6.07, 6.45) is 2.39. The van der Waals surface area contributed by atoms with E-state index in [2.05, 4.69) is 22.4 Å². The molecule has 1 amide bonds. The van der Waals surface area contributed by atoms with Gasteiger partial charge in [0.1, 0.15) is 0 Å². The lowest BCUT2D eigenvalue weighted by molar-refractivity contribution is -0.121. The van der Waals surface area contributed by atoms with E-state index in [0.29, 0.717) is 19.6 Å². The van der Waals surface area contributed by atoms with E-state index < -0.39 is 0 Å². The van der Waals surface area contributed by atoms with E-state index in [-0.39, 0.29) is 12.0 Å². The number of para-hydroxylation sites is 1. The molecular formula is C22H26N2O2S. The van der Waals surface area contributed by atoms with Crippen LogP contribution in [-0.2, 0) is 29.1 Å². The number of benzene rings is 2. The molecule has 3 aromatic rings. The molecule has 0 radical (unpaired) electrons. The minimum atomic E-state index is 0.0833. The predicted molar refractivity (Wildman–Crippen MR) is 111 cm³/mol. The van der Waals surface area contributed by atoms with Gasteiger partial charge in [-0.05, 0) is 49.9 Å². The SMILES string of the molecule is CC(C)OCc1cccc(CNC(=O)CCCc2nc3ccccc3s2)c1. The molecule has 0 fully saturated rings. The highest BCUT2D eigenvalue weighted by molar-refractivity contribution is 7.18. The number of aromatic nitrogens is 1. The largest absolute Gasteiger partial charge is 0.374 e. The van der Waals surface area contributed by atoms with E-state index in [9.17, 15) is 4.79 Å². The van der Waals surface area contributed by atoms with Crippen molar-refractivity contribution in [1.29, 1.82) is 0 Å². The van der Waals surface area contributed by atoms with Gasteiger partial charge in [0.25, 0.3) is 0 Å². The van der Waals surface area contributed by atoms with Gasteiger partial charge < -0.3 is 10.1 Å². The summed E-state index contributed by atoms with van der Waals surface area (Å²) >= 11 is 1.71. The molecule has 0 aliphatic rings. The van der Waals surface area contributed by atoms with Crippen molar-refractivity contribution < 1.29 is 9.53 Å². The van der Waals surface area contributed by atoms with Gasteiger partial charge in [0.15, 0.2) is 0 Å². The zero-order valence-electron chi connectivity index (χ0n) is 15.9. The van der Waals surface area contributed by atoms with E-state index in [1.54, 1.807) is 11.3 Å². The average molecular weight is 383 g/mol. The average Bonchev–Trinajstić information content (AvgIpc) is 3.08. The molecule has 27 heavy (non-hydrogen) atoms. The lowest BCUT2D eigenvalue weighted by Crippen LogP contribution is -2.22. The maximum absolute atomic E-state index is 12.1. The molecular weight excluding hydrogens is 356 g/mol. The summed E-state index contributed by atoms with van der Waals surface area (Å²) in [6.45, 7) is 5.20. The minimum Gasteiger partial charge on any atom is -0.374 e. The Morgan fingerprint density at radius 1 is 1.15 bits per heavy atom. The molecule has 1 aromatic heterocycles. The van der Waals surface area contributed by atoms with Crippen molar-refractivity contribution in [3.63, 3.8) is 0 Å². The first-order valence-electron chi connectivity index (χ1n) is 9.41. The van der Waals surface area contributed by atoms with Crippen molar-refractivity contribution >= 4 is 27.5 Å². The second-order valence-corrected chi connectivity index (χ2v) is 8.00. The first-order valence-corrected chi connectivity index (χ1v) is 10.2. The zero-order valence-corrected chi connectivity index (χ0v) is 16.7. The van der Waals surface area contributed by atoms with Gasteiger partial charge in [0, 0.05) is 13.0 Å². The molecule has 0 spiro atoms. The van der Waals surface area contributed by atoms with E-state index in [1.165, 1.54) is 4.70 Å². The van der Waals surface area contributed by atoms with Crippen LogP contribution in [0.5, 0.6) is 0 Å². The van der Waals surface area contributed by atoms with Crippen LogP contribution in [0.3, 0.4) is 0 Å². The van der Waals surface area contributed by atoms with Crippen LogP contribution < -0.4 is 5.32 Å². The Morgan fingerprint density at radius 2 is 1.96 bits per heavy atom. The highest BCUT2D eigenvalue weighted by Gasteiger charge is 2.06. The number of thiazole rings is 1. The molecule has 0 saturated heterocycles. The van der Waals surface area contributed by atoms with Crippen molar-refractivity contribution in [3.05, 3.63) is 64.7 Å². The van der Waals surface area contributed by atoms with Crippen molar-refractivity contribution in [1.82, 2.24) is 10.3 Å². The van der Waals surface area contributed by atoms with E-state index in [4.69, 9.17) is 4.74 Å². The Labute approximate surface area is 164 Å². The van der Waals surface area contributed by atoms with E-state index in [1.807, 2.05) is 50.2 Å². The normalized spacial score (nSPS) is 11.2. The van der Waals surface area contributed by atoms with Crippen LogP contribution in [0.2, 0.25) is 0 Å². The van der Waals surface area contributed by atoms with Crippen LogP contribution >= 0.6 is 11.3 Å². The van der Waals surface area contributed by atoms with Crippen molar-refractivity contribution in [2.75, 3.05) is 0 Å². The molecule has 5 heteroatoms. The van der Waals surface area contributed by atoms with Crippen LogP contribution in [0.4, 0.5) is 0 Å². The molecule has 4 nitrogen and oxygen atoms in total. The molecule has 3 rings (SSSR count). The first-order chi connectivity index (χ1) is 13.1. The number of ether oxygens (including phenoxy) is 1. The number of hydrogen-bond acceptors (Lipinski definition) is 4. The number of aryl methyl sites for hydroxylation is 1. The lowest BCUT2D eigenvalue weighted by Gasteiger charge is -2.10. The molecule has 142 valence electrons. The number of carbonyl (C=O) groups excluding carboxylic acids is 1. The predicted octanol–water partition coefficient (Wildman–Crippen LogP) is 4.86. The molecule has 1 heterocycles. The second-order valence-electron chi connectivity index (χ2n) is 6.89. The Hall–Kier alpha value is -2.24. The Morgan fingerprint density at radius 3 is 2.78 bits per heavy atom. The van der Waals surface area contributed by atoms with Gasteiger partial charge in [-0.3, -0.25) is 4.79 Å². The van der Waals surface area contributed by atoms with Crippen LogP contribution in [-0.4, -0.2) is 17.0 Å². The molecule has 0 saturated carbocycles. The maximum Gasteiger partial charge on any atom is 0.220 e. The zero-order chi connectivity index (χ0) is 19.1. The number of nitrogens with one attached hydrogen (secondary N) is 1. The van der Waals surface area contributed by atoms with Gasteiger partial charge in [-0.1, -0.05) is 36.4 Å². The smallest absolute Gasteiger partial charge is 0.220 e. The molecule has 0 aliphatic carbocycles. The Kier molecular flexibility index (Phi) is 6.96.